The van der Waals surface area contributed by atoms with Gasteiger partial charge in [0, 0.05) is 12.2 Å². The minimum absolute atomic E-state index is 0.0223. The molecule has 1 aromatic heterocycles. The zero-order valence-corrected chi connectivity index (χ0v) is 12.2. The van der Waals surface area contributed by atoms with Gasteiger partial charge in [-0.1, -0.05) is 25.8 Å². The highest BCUT2D eigenvalue weighted by molar-refractivity contribution is 5.81. The molecular formula is C15H25N3O. The van der Waals surface area contributed by atoms with Crippen molar-refractivity contribution in [3.63, 3.8) is 0 Å². The number of carbonyl (C=O) groups is 1. The summed E-state index contributed by atoms with van der Waals surface area (Å²) in [6.45, 7) is 6.64. The number of aromatic nitrogens is 1. The van der Waals surface area contributed by atoms with Crippen LogP contribution in [0.4, 0.5) is 0 Å². The van der Waals surface area contributed by atoms with Gasteiger partial charge < -0.3 is 10.6 Å². The minimum Gasteiger partial charge on any atom is -0.333 e. The van der Waals surface area contributed by atoms with Crippen molar-refractivity contribution < 1.29 is 4.79 Å². The van der Waals surface area contributed by atoms with Gasteiger partial charge in [-0.05, 0) is 32.4 Å². The lowest BCUT2D eigenvalue weighted by Crippen LogP contribution is -2.46. The van der Waals surface area contributed by atoms with Crippen LogP contribution < -0.4 is 5.73 Å². The third-order valence-electron chi connectivity index (χ3n) is 3.15. The second-order valence-corrected chi connectivity index (χ2v) is 5.13. The molecule has 1 rings (SSSR count). The number of nitrogens with zero attached hydrogens (tertiary/aromatic N) is 2. The van der Waals surface area contributed by atoms with E-state index in [4.69, 9.17) is 5.73 Å². The Hall–Kier alpha value is -1.42. The molecule has 0 aromatic carbocycles. The van der Waals surface area contributed by atoms with Crippen molar-refractivity contribution in [2.24, 2.45) is 5.73 Å². The zero-order chi connectivity index (χ0) is 14.3. The van der Waals surface area contributed by atoms with Crippen molar-refractivity contribution in [1.82, 2.24) is 9.88 Å². The summed E-state index contributed by atoms with van der Waals surface area (Å²) in [6, 6.07) is 5.47. The van der Waals surface area contributed by atoms with Gasteiger partial charge in [0.2, 0.25) is 5.91 Å². The van der Waals surface area contributed by atoms with Gasteiger partial charge in [-0.3, -0.25) is 9.78 Å². The summed E-state index contributed by atoms with van der Waals surface area (Å²) < 4.78 is 0. The molecule has 1 atom stereocenters. The molecule has 0 bridgehead atoms. The molecule has 2 N–H and O–H groups in total. The maximum Gasteiger partial charge on any atom is 0.240 e. The van der Waals surface area contributed by atoms with Crippen LogP contribution in [0.25, 0.3) is 0 Å². The van der Waals surface area contributed by atoms with Crippen LogP contribution in [-0.4, -0.2) is 27.9 Å². The minimum atomic E-state index is -0.397. The van der Waals surface area contributed by atoms with E-state index in [9.17, 15) is 4.79 Å². The SMILES string of the molecule is CCCC[C@H](N)C(=O)N(Cc1ccccn1)C(C)C. The quantitative estimate of drug-likeness (QED) is 0.821. The lowest BCUT2D eigenvalue weighted by atomic mass is 10.1. The normalized spacial score (nSPS) is 12.5. The number of rotatable bonds is 7. The molecule has 0 aliphatic carbocycles. The fraction of sp³-hybridized carbons (Fsp3) is 0.600. The van der Waals surface area contributed by atoms with Crippen molar-refractivity contribution in [2.75, 3.05) is 0 Å². The number of nitrogens with two attached hydrogens (primary N) is 1. The Morgan fingerprint density at radius 3 is 2.68 bits per heavy atom. The molecule has 1 amide bonds. The number of pyridine rings is 1. The number of unbranched alkanes of at least 4 members (excludes halogenated alkanes) is 1. The third-order valence-corrected chi connectivity index (χ3v) is 3.15. The summed E-state index contributed by atoms with van der Waals surface area (Å²) in [7, 11) is 0. The van der Waals surface area contributed by atoms with Gasteiger partial charge in [-0.15, -0.1) is 0 Å². The summed E-state index contributed by atoms with van der Waals surface area (Å²) in [4.78, 5) is 18.4. The third kappa shape index (κ3) is 4.99. The molecule has 19 heavy (non-hydrogen) atoms. The van der Waals surface area contributed by atoms with Crippen LogP contribution in [0.1, 0.15) is 45.7 Å². The van der Waals surface area contributed by atoms with Crippen molar-refractivity contribution in [2.45, 2.75) is 58.7 Å². The van der Waals surface area contributed by atoms with E-state index in [0.717, 1.165) is 25.0 Å². The lowest BCUT2D eigenvalue weighted by molar-refractivity contribution is -0.135. The number of hydrogen-bond acceptors (Lipinski definition) is 3. The molecular weight excluding hydrogens is 238 g/mol. The molecule has 4 heteroatoms. The van der Waals surface area contributed by atoms with Crippen LogP contribution in [0, 0.1) is 0 Å². The summed E-state index contributed by atoms with van der Waals surface area (Å²) in [5, 5.41) is 0. The van der Waals surface area contributed by atoms with E-state index in [0.29, 0.717) is 6.54 Å². The monoisotopic (exact) mass is 263 g/mol. The predicted octanol–water partition coefficient (Wildman–Crippen LogP) is 2.34. The molecule has 0 unspecified atom stereocenters. The van der Waals surface area contributed by atoms with Gasteiger partial charge in [0.1, 0.15) is 0 Å². The summed E-state index contributed by atoms with van der Waals surface area (Å²) in [5.41, 5.74) is 6.88. The Labute approximate surface area is 116 Å². The van der Waals surface area contributed by atoms with E-state index >= 15 is 0 Å². The Morgan fingerprint density at radius 1 is 1.42 bits per heavy atom. The summed E-state index contributed by atoms with van der Waals surface area (Å²) >= 11 is 0. The second kappa shape index (κ2) is 7.89. The number of amides is 1. The first kappa shape index (κ1) is 15.6. The molecule has 1 aromatic rings. The van der Waals surface area contributed by atoms with E-state index in [1.165, 1.54) is 0 Å². The van der Waals surface area contributed by atoms with E-state index in [1.54, 1.807) is 6.20 Å². The summed E-state index contributed by atoms with van der Waals surface area (Å²) in [5.74, 6) is 0.0223. The Morgan fingerprint density at radius 2 is 2.16 bits per heavy atom. The Bertz CT molecular complexity index is 378. The molecule has 0 saturated heterocycles. The molecule has 0 radical (unpaired) electrons. The zero-order valence-electron chi connectivity index (χ0n) is 12.2. The Kier molecular flexibility index (Phi) is 6.50. The van der Waals surface area contributed by atoms with Gasteiger partial charge in [0.05, 0.1) is 18.3 Å². The Balaban J connectivity index is 2.69. The van der Waals surface area contributed by atoms with E-state index in [1.807, 2.05) is 36.9 Å². The number of hydrogen-bond donors (Lipinski definition) is 1. The standard InChI is InChI=1S/C15H25N3O/c1-4-5-9-14(16)15(19)18(12(2)3)11-13-8-6-7-10-17-13/h6-8,10,12,14H,4-5,9,11,16H2,1-3H3/t14-/m0/s1. The van der Waals surface area contributed by atoms with Crippen LogP contribution >= 0.6 is 0 Å². The van der Waals surface area contributed by atoms with Gasteiger partial charge in [-0.25, -0.2) is 0 Å². The van der Waals surface area contributed by atoms with Gasteiger partial charge in [-0.2, -0.15) is 0 Å². The smallest absolute Gasteiger partial charge is 0.240 e. The topological polar surface area (TPSA) is 59.2 Å². The molecule has 0 spiro atoms. The molecule has 1 heterocycles. The largest absolute Gasteiger partial charge is 0.333 e. The first-order valence-electron chi connectivity index (χ1n) is 7.02. The van der Waals surface area contributed by atoms with Crippen LogP contribution in [0.15, 0.2) is 24.4 Å². The molecule has 0 aliphatic heterocycles. The average molecular weight is 263 g/mol. The van der Waals surface area contributed by atoms with Crippen molar-refractivity contribution in [3.05, 3.63) is 30.1 Å². The first-order valence-corrected chi connectivity index (χ1v) is 7.02. The van der Waals surface area contributed by atoms with Crippen LogP contribution in [-0.2, 0) is 11.3 Å². The molecule has 4 nitrogen and oxygen atoms in total. The molecule has 0 fully saturated rings. The van der Waals surface area contributed by atoms with E-state index < -0.39 is 6.04 Å². The van der Waals surface area contributed by atoms with Crippen LogP contribution in [0.2, 0.25) is 0 Å². The first-order chi connectivity index (χ1) is 9.06. The van der Waals surface area contributed by atoms with E-state index in [-0.39, 0.29) is 11.9 Å². The fourth-order valence-electron chi connectivity index (χ4n) is 1.94. The average Bonchev–Trinajstić information content (AvgIpc) is 2.42. The van der Waals surface area contributed by atoms with Crippen molar-refractivity contribution >= 4 is 5.91 Å². The maximum absolute atomic E-state index is 12.4. The van der Waals surface area contributed by atoms with Crippen LogP contribution in [0.3, 0.4) is 0 Å². The number of carbonyl (C=O) groups excluding carboxylic acids is 1. The van der Waals surface area contributed by atoms with Crippen LogP contribution in [0.5, 0.6) is 0 Å². The van der Waals surface area contributed by atoms with Gasteiger partial charge >= 0.3 is 0 Å². The van der Waals surface area contributed by atoms with Crippen molar-refractivity contribution in [1.29, 1.82) is 0 Å². The van der Waals surface area contributed by atoms with E-state index in [2.05, 4.69) is 11.9 Å². The summed E-state index contributed by atoms with van der Waals surface area (Å²) in [6.07, 6.45) is 4.54. The predicted molar refractivity (Wildman–Crippen MR) is 77.4 cm³/mol. The highest BCUT2D eigenvalue weighted by atomic mass is 16.2. The van der Waals surface area contributed by atoms with Crippen molar-refractivity contribution in [3.8, 4) is 0 Å². The molecule has 0 saturated carbocycles. The lowest BCUT2D eigenvalue weighted by Gasteiger charge is -2.29. The highest BCUT2D eigenvalue weighted by Gasteiger charge is 2.23. The molecule has 106 valence electrons. The molecule has 0 aliphatic rings. The van der Waals surface area contributed by atoms with Gasteiger partial charge in [0.15, 0.2) is 0 Å². The second-order valence-electron chi connectivity index (χ2n) is 5.13. The maximum atomic E-state index is 12.4. The highest BCUT2D eigenvalue weighted by Crippen LogP contribution is 2.10. The van der Waals surface area contributed by atoms with Gasteiger partial charge in [0.25, 0.3) is 0 Å². The fourth-order valence-corrected chi connectivity index (χ4v) is 1.94.